The van der Waals surface area contributed by atoms with E-state index >= 15 is 0 Å². The first-order chi connectivity index (χ1) is 9.06. The van der Waals surface area contributed by atoms with Gasteiger partial charge in [0, 0.05) is 11.5 Å². The van der Waals surface area contributed by atoms with Crippen molar-refractivity contribution in [3.05, 3.63) is 29.6 Å². The fourth-order valence-corrected chi connectivity index (χ4v) is 2.38. The lowest BCUT2D eigenvalue weighted by atomic mass is 10.2. The summed E-state index contributed by atoms with van der Waals surface area (Å²) in [5.41, 5.74) is -0.460. The van der Waals surface area contributed by atoms with E-state index in [0.29, 0.717) is 18.1 Å². The smallest absolute Gasteiger partial charge is 0.338 e. The summed E-state index contributed by atoms with van der Waals surface area (Å²) >= 11 is 0. The second kappa shape index (κ2) is 8.01. The van der Waals surface area contributed by atoms with Gasteiger partial charge in [-0.25, -0.2) is 9.18 Å². The van der Waals surface area contributed by atoms with Crippen LogP contribution in [0.4, 0.5) is 4.39 Å². The van der Waals surface area contributed by atoms with Crippen LogP contribution < -0.4 is 0 Å². The molecule has 0 amide bonds. The first-order valence-corrected chi connectivity index (χ1v) is 7.37. The SMILES string of the molecule is CCCCOCCS(=O)c1ccc(F)c(C(=O)O)c1. The van der Waals surface area contributed by atoms with Crippen LogP contribution in [0.5, 0.6) is 0 Å². The molecule has 1 aromatic carbocycles. The number of rotatable bonds is 8. The molecule has 0 aliphatic rings. The van der Waals surface area contributed by atoms with Crippen LogP contribution in [0.25, 0.3) is 0 Å². The molecule has 0 bridgehead atoms. The van der Waals surface area contributed by atoms with Crippen molar-refractivity contribution in [2.24, 2.45) is 0 Å². The monoisotopic (exact) mass is 288 g/mol. The van der Waals surface area contributed by atoms with Crippen molar-refractivity contribution in [1.29, 1.82) is 0 Å². The van der Waals surface area contributed by atoms with E-state index in [1.807, 2.05) is 6.92 Å². The van der Waals surface area contributed by atoms with Crippen LogP contribution >= 0.6 is 0 Å². The zero-order chi connectivity index (χ0) is 14.3. The molecule has 0 spiro atoms. The molecule has 0 aliphatic heterocycles. The van der Waals surface area contributed by atoms with E-state index in [1.54, 1.807) is 0 Å². The summed E-state index contributed by atoms with van der Waals surface area (Å²) in [6.07, 6.45) is 1.98. The predicted molar refractivity (Wildman–Crippen MR) is 70.4 cm³/mol. The van der Waals surface area contributed by atoms with Crippen LogP contribution in [0.15, 0.2) is 23.1 Å². The number of ether oxygens (including phenoxy) is 1. The fraction of sp³-hybridized carbons (Fsp3) is 0.462. The Morgan fingerprint density at radius 2 is 2.16 bits per heavy atom. The van der Waals surface area contributed by atoms with Gasteiger partial charge in [0.2, 0.25) is 0 Å². The van der Waals surface area contributed by atoms with E-state index in [9.17, 15) is 13.4 Å². The summed E-state index contributed by atoms with van der Waals surface area (Å²) in [6.45, 7) is 3.01. The molecule has 0 radical (unpaired) electrons. The van der Waals surface area contributed by atoms with Crippen molar-refractivity contribution in [2.45, 2.75) is 24.7 Å². The summed E-state index contributed by atoms with van der Waals surface area (Å²) in [6, 6.07) is 3.47. The highest BCUT2D eigenvalue weighted by molar-refractivity contribution is 7.85. The molecule has 4 nitrogen and oxygen atoms in total. The van der Waals surface area contributed by atoms with Gasteiger partial charge in [-0.2, -0.15) is 0 Å². The molecular formula is C13H17FO4S. The van der Waals surface area contributed by atoms with Crippen LogP contribution in [0.3, 0.4) is 0 Å². The second-order valence-electron chi connectivity index (χ2n) is 3.96. The van der Waals surface area contributed by atoms with E-state index in [4.69, 9.17) is 9.84 Å². The number of halogens is 1. The molecule has 0 fully saturated rings. The normalized spacial score (nSPS) is 12.3. The topological polar surface area (TPSA) is 63.6 Å². The summed E-state index contributed by atoms with van der Waals surface area (Å²) < 4.78 is 30.3. The molecule has 106 valence electrons. The first-order valence-electron chi connectivity index (χ1n) is 6.05. The highest BCUT2D eigenvalue weighted by atomic mass is 32.2. The van der Waals surface area contributed by atoms with Crippen molar-refractivity contribution in [3.8, 4) is 0 Å². The molecule has 0 aliphatic carbocycles. The predicted octanol–water partition coefficient (Wildman–Crippen LogP) is 2.45. The third-order valence-corrected chi connectivity index (χ3v) is 3.80. The van der Waals surface area contributed by atoms with Gasteiger partial charge in [0.15, 0.2) is 0 Å². The number of carboxylic acids is 1. The maximum Gasteiger partial charge on any atom is 0.338 e. The van der Waals surface area contributed by atoms with Gasteiger partial charge in [0.1, 0.15) is 5.82 Å². The Morgan fingerprint density at radius 3 is 2.79 bits per heavy atom. The lowest BCUT2D eigenvalue weighted by Gasteiger charge is -2.05. The van der Waals surface area contributed by atoms with Crippen molar-refractivity contribution in [2.75, 3.05) is 19.0 Å². The zero-order valence-corrected chi connectivity index (χ0v) is 11.5. The Labute approximate surface area is 114 Å². The number of hydrogen-bond donors (Lipinski definition) is 1. The Morgan fingerprint density at radius 1 is 1.42 bits per heavy atom. The minimum Gasteiger partial charge on any atom is -0.478 e. The highest BCUT2D eigenvalue weighted by Crippen LogP contribution is 2.14. The quantitative estimate of drug-likeness (QED) is 0.746. The van der Waals surface area contributed by atoms with E-state index in [0.717, 1.165) is 25.0 Å². The van der Waals surface area contributed by atoms with Crippen molar-refractivity contribution in [3.63, 3.8) is 0 Å². The molecule has 19 heavy (non-hydrogen) atoms. The largest absolute Gasteiger partial charge is 0.478 e. The lowest BCUT2D eigenvalue weighted by Crippen LogP contribution is -2.09. The third kappa shape index (κ3) is 5.08. The summed E-state index contributed by atoms with van der Waals surface area (Å²) in [4.78, 5) is 11.1. The van der Waals surface area contributed by atoms with E-state index in [2.05, 4.69) is 0 Å². The Bertz CT molecular complexity index is 462. The molecule has 1 unspecified atom stereocenters. The molecule has 1 rings (SSSR count). The van der Waals surface area contributed by atoms with Gasteiger partial charge in [-0.1, -0.05) is 13.3 Å². The number of benzene rings is 1. The lowest BCUT2D eigenvalue weighted by molar-refractivity contribution is 0.0691. The molecule has 1 atom stereocenters. The van der Waals surface area contributed by atoms with E-state index < -0.39 is 28.1 Å². The Kier molecular flexibility index (Phi) is 6.66. The highest BCUT2D eigenvalue weighted by Gasteiger charge is 2.13. The molecule has 0 saturated heterocycles. The van der Waals surface area contributed by atoms with Crippen LogP contribution in [-0.2, 0) is 15.5 Å². The second-order valence-corrected chi connectivity index (χ2v) is 5.53. The van der Waals surface area contributed by atoms with Gasteiger partial charge >= 0.3 is 5.97 Å². The Hall–Kier alpha value is -1.27. The zero-order valence-electron chi connectivity index (χ0n) is 10.7. The van der Waals surface area contributed by atoms with Crippen LogP contribution in [-0.4, -0.2) is 34.3 Å². The van der Waals surface area contributed by atoms with Gasteiger partial charge in [0.05, 0.1) is 28.7 Å². The average molecular weight is 288 g/mol. The minimum absolute atomic E-state index is 0.272. The molecular weight excluding hydrogens is 271 g/mol. The maximum atomic E-state index is 13.2. The van der Waals surface area contributed by atoms with E-state index in [1.165, 1.54) is 6.07 Å². The van der Waals surface area contributed by atoms with Gasteiger partial charge in [-0.05, 0) is 24.6 Å². The van der Waals surface area contributed by atoms with Gasteiger partial charge in [0.25, 0.3) is 0 Å². The third-order valence-electron chi connectivity index (χ3n) is 2.49. The number of carboxylic acid groups (broad SMARTS) is 1. The van der Waals surface area contributed by atoms with Gasteiger partial charge in [-0.3, -0.25) is 4.21 Å². The van der Waals surface area contributed by atoms with Crippen LogP contribution in [0.2, 0.25) is 0 Å². The Balaban J connectivity index is 2.57. The minimum atomic E-state index is -1.38. The number of unbranched alkanes of at least 4 members (excludes halogenated alkanes) is 1. The first kappa shape index (κ1) is 15.8. The summed E-state index contributed by atoms with van der Waals surface area (Å²) in [5, 5.41) is 8.78. The van der Waals surface area contributed by atoms with Crippen LogP contribution in [0, 0.1) is 5.82 Å². The molecule has 0 heterocycles. The average Bonchev–Trinajstić information content (AvgIpc) is 2.38. The molecule has 1 aromatic rings. The van der Waals surface area contributed by atoms with Crippen LogP contribution in [0.1, 0.15) is 30.1 Å². The summed E-state index contributed by atoms with van der Waals surface area (Å²) in [5.74, 6) is -1.92. The van der Waals surface area contributed by atoms with Crippen molar-refractivity contribution >= 4 is 16.8 Å². The fourth-order valence-electron chi connectivity index (χ4n) is 1.41. The number of carbonyl (C=O) groups is 1. The van der Waals surface area contributed by atoms with Crippen molar-refractivity contribution in [1.82, 2.24) is 0 Å². The summed E-state index contributed by atoms with van der Waals surface area (Å²) in [7, 11) is -1.38. The maximum absolute atomic E-state index is 13.2. The van der Waals surface area contributed by atoms with Gasteiger partial charge in [-0.15, -0.1) is 0 Å². The standard InChI is InChI=1S/C13H17FO4S/c1-2-3-6-18-7-8-19(17)10-4-5-12(14)11(9-10)13(15)16/h4-5,9H,2-3,6-8H2,1H3,(H,15,16). The molecule has 6 heteroatoms. The molecule has 0 aromatic heterocycles. The van der Waals surface area contributed by atoms with Gasteiger partial charge < -0.3 is 9.84 Å². The molecule has 0 saturated carbocycles. The number of aromatic carboxylic acids is 1. The number of hydrogen-bond acceptors (Lipinski definition) is 3. The van der Waals surface area contributed by atoms with Crippen molar-refractivity contribution < 1.29 is 23.2 Å². The molecule has 1 N–H and O–H groups in total. The van der Waals surface area contributed by atoms with E-state index in [-0.39, 0.29) is 5.75 Å².